The number of carbonyl (C=O) groups is 1. The highest BCUT2D eigenvalue weighted by atomic mass is 79.9. The van der Waals surface area contributed by atoms with Gasteiger partial charge in [-0.15, -0.1) is 0 Å². The van der Waals surface area contributed by atoms with Crippen LogP contribution in [0.25, 0.3) is 0 Å². The molecule has 0 aliphatic rings. The van der Waals surface area contributed by atoms with E-state index in [1.807, 2.05) is 12.1 Å². The first kappa shape index (κ1) is 18.0. The Labute approximate surface area is 152 Å². The molecule has 0 aromatic heterocycles. The number of rotatable bonds is 5. The Morgan fingerprint density at radius 3 is 2.57 bits per heavy atom. The molecule has 1 amide bonds. The number of carbonyl (C=O) groups excluding carboxylic acids is 1. The second kappa shape index (κ2) is 7.95. The molecule has 2 aromatic rings. The van der Waals surface area contributed by atoms with Gasteiger partial charge in [0.2, 0.25) is 0 Å². The standard InChI is InChI=1S/C17H17Br2NO3/c1-10(21)12-4-3-5-14(8-12)20-17(22)11(2)23-16-7-6-13(18)9-15(16)19/h3-11,21H,1-2H3,(H,20,22)/t10-,11+/m0/s1. The Bertz CT molecular complexity index is 704. The van der Waals surface area contributed by atoms with Crippen LogP contribution in [0.2, 0.25) is 0 Å². The van der Waals surface area contributed by atoms with Crippen molar-refractivity contribution in [3.8, 4) is 5.75 Å². The maximum absolute atomic E-state index is 12.3. The van der Waals surface area contributed by atoms with Crippen molar-refractivity contribution in [3.05, 3.63) is 57.0 Å². The van der Waals surface area contributed by atoms with E-state index in [0.717, 1.165) is 14.5 Å². The van der Waals surface area contributed by atoms with Gasteiger partial charge in [0.1, 0.15) is 5.75 Å². The van der Waals surface area contributed by atoms with E-state index in [-0.39, 0.29) is 5.91 Å². The molecule has 23 heavy (non-hydrogen) atoms. The number of ether oxygens (including phenoxy) is 1. The van der Waals surface area contributed by atoms with Crippen molar-refractivity contribution < 1.29 is 14.6 Å². The minimum Gasteiger partial charge on any atom is -0.480 e. The largest absolute Gasteiger partial charge is 0.480 e. The van der Waals surface area contributed by atoms with Gasteiger partial charge in [-0.25, -0.2) is 0 Å². The third kappa shape index (κ3) is 5.06. The summed E-state index contributed by atoms with van der Waals surface area (Å²) in [6.45, 7) is 3.36. The zero-order valence-corrected chi connectivity index (χ0v) is 15.9. The summed E-state index contributed by atoms with van der Waals surface area (Å²) in [5.74, 6) is 0.330. The first-order chi connectivity index (χ1) is 10.9. The average molecular weight is 443 g/mol. The highest BCUT2D eigenvalue weighted by molar-refractivity contribution is 9.11. The Morgan fingerprint density at radius 1 is 1.17 bits per heavy atom. The lowest BCUT2D eigenvalue weighted by Crippen LogP contribution is -2.30. The van der Waals surface area contributed by atoms with Crippen LogP contribution in [0.4, 0.5) is 5.69 Å². The van der Waals surface area contributed by atoms with E-state index in [2.05, 4.69) is 37.2 Å². The van der Waals surface area contributed by atoms with Crippen LogP contribution in [0.15, 0.2) is 51.4 Å². The van der Waals surface area contributed by atoms with Gasteiger partial charge < -0.3 is 15.2 Å². The molecule has 122 valence electrons. The zero-order chi connectivity index (χ0) is 17.0. The second-order valence-corrected chi connectivity index (χ2v) is 6.90. The topological polar surface area (TPSA) is 58.6 Å². The fraction of sp³-hybridized carbons (Fsp3) is 0.235. The van der Waals surface area contributed by atoms with Crippen LogP contribution in [0.3, 0.4) is 0 Å². The van der Waals surface area contributed by atoms with Crippen molar-refractivity contribution in [2.45, 2.75) is 26.1 Å². The number of hydrogen-bond donors (Lipinski definition) is 2. The quantitative estimate of drug-likeness (QED) is 0.707. The highest BCUT2D eigenvalue weighted by Gasteiger charge is 2.16. The predicted molar refractivity (Wildman–Crippen MR) is 97.6 cm³/mol. The van der Waals surface area contributed by atoms with Crippen molar-refractivity contribution in [1.82, 2.24) is 0 Å². The summed E-state index contributed by atoms with van der Waals surface area (Å²) in [6, 6.07) is 12.6. The number of hydrogen-bond acceptors (Lipinski definition) is 3. The summed E-state index contributed by atoms with van der Waals surface area (Å²) in [5.41, 5.74) is 1.37. The summed E-state index contributed by atoms with van der Waals surface area (Å²) < 4.78 is 7.37. The summed E-state index contributed by atoms with van der Waals surface area (Å²) in [6.07, 6.45) is -1.25. The Morgan fingerprint density at radius 2 is 1.91 bits per heavy atom. The third-order valence-corrected chi connectivity index (χ3v) is 4.32. The van der Waals surface area contributed by atoms with Gasteiger partial charge in [-0.2, -0.15) is 0 Å². The summed E-state index contributed by atoms with van der Waals surface area (Å²) in [7, 11) is 0. The number of amides is 1. The van der Waals surface area contributed by atoms with E-state index in [1.54, 1.807) is 44.2 Å². The number of anilines is 1. The smallest absolute Gasteiger partial charge is 0.265 e. The van der Waals surface area contributed by atoms with Crippen LogP contribution in [0.1, 0.15) is 25.5 Å². The highest BCUT2D eigenvalue weighted by Crippen LogP contribution is 2.29. The van der Waals surface area contributed by atoms with Crippen molar-refractivity contribution in [2.75, 3.05) is 5.32 Å². The number of halogens is 2. The maximum Gasteiger partial charge on any atom is 0.265 e. The van der Waals surface area contributed by atoms with E-state index in [0.29, 0.717) is 11.4 Å². The lowest BCUT2D eigenvalue weighted by atomic mass is 10.1. The molecule has 0 unspecified atom stereocenters. The lowest BCUT2D eigenvalue weighted by Gasteiger charge is -2.16. The molecular formula is C17H17Br2NO3. The molecule has 0 bridgehead atoms. The Hall–Kier alpha value is -1.37. The van der Waals surface area contributed by atoms with E-state index in [9.17, 15) is 9.90 Å². The molecule has 2 rings (SSSR count). The molecule has 0 aliphatic heterocycles. The van der Waals surface area contributed by atoms with Crippen molar-refractivity contribution in [3.63, 3.8) is 0 Å². The number of aliphatic hydroxyl groups excluding tert-OH is 1. The second-order valence-electron chi connectivity index (χ2n) is 5.13. The van der Waals surface area contributed by atoms with Crippen molar-refractivity contribution in [1.29, 1.82) is 0 Å². The van der Waals surface area contributed by atoms with Gasteiger partial charge in [0.25, 0.3) is 5.91 Å². The van der Waals surface area contributed by atoms with Crippen LogP contribution >= 0.6 is 31.9 Å². The van der Waals surface area contributed by atoms with Gasteiger partial charge >= 0.3 is 0 Å². The molecule has 0 saturated carbocycles. The van der Waals surface area contributed by atoms with Crippen LogP contribution in [0, 0.1) is 0 Å². The van der Waals surface area contributed by atoms with Crippen molar-refractivity contribution >= 4 is 43.5 Å². The Balaban J connectivity index is 2.04. The molecule has 0 heterocycles. The molecule has 2 aromatic carbocycles. The van der Waals surface area contributed by atoms with E-state index < -0.39 is 12.2 Å². The van der Waals surface area contributed by atoms with Crippen LogP contribution in [0.5, 0.6) is 5.75 Å². The SMILES string of the molecule is C[C@H](O)c1cccc(NC(=O)[C@@H](C)Oc2ccc(Br)cc2Br)c1. The molecule has 0 radical (unpaired) electrons. The fourth-order valence-electron chi connectivity index (χ4n) is 1.93. The van der Waals surface area contributed by atoms with Crippen LogP contribution in [-0.2, 0) is 4.79 Å². The normalized spacial score (nSPS) is 13.3. The fourth-order valence-corrected chi connectivity index (χ4v) is 3.08. The van der Waals surface area contributed by atoms with E-state index in [1.165, 1.54) is 0 Å². The molecular weight excluding hydrogens is 426 g/mol. The minimum atomic E-state index is -0.664. The monoisotopic (exact) mass is 441 g/mol. The lowest BCUT2D eigenvalue weighted by molar-refractivity contribution is -0.122. The first-order valence-electron chi connectivity index (χ1n) is 7.07. The van der Waals surface area contributed by atoms with Gasteiger partial charge in [-0.1, -0.05) is 28.1 Å². The molecule has 0 saturated heterocycles. The summed E-state index contributed by atoms with van der Waals surface area (Å²) in [5, 5.41) is 12.4. The van der Waals surface area contributed by atoms with E-state index >= 15 is 0 Å². The number of benzene rings is 2. The molecule has 0 spiro atoms. The number of nitrogens with one attached hydrogen (secondary N) is 1. The Kier molecular flexibility index (Phi) is 6.21. The van der Waals surface area contributed by atoms with Gasteiger partial charge in [-0.05, 0) is 65.7 Å². The number of aliphatic hydroxyl groups is 1. The predicted octanol–water partition coefficient (Wildman–Crippen LogP) is 4.67. The van der Waals surface area contributed by atoms with Crippen LogP contribution in [-0.4, -0.2) is 17.1 Å². The first-order valence-corrected chi connectivity index (χ1v) is 8.66. The zero-order valence-electron chi connectivity index (χ0n) is 12.7. The molecule has 2 atom stereocenters. The van der Waals surface area contributed by atoms with E-state index in [4.69, 9.17) is 4.74 Å². The van der Waals surface area contributed by atoms with Gasteiger partial charge in [0.15, 0.2) is 6.10 Å². The summed E-state index contributed by atoms with van der Waals surface area (Å²) >= 11 is 6.77. The molecule has 6 heteroatoms. The average Bonchev–Trinajstić information content (AvgIpc) is 2.50. The van der Waals surface area contributed by atoms with Gasteiger partial charge in [-0.3, -0.25) is 4.79 Å². The van der Waals surface area contributed by atoms with Crippen molar-refractivity contribution in [2.24, 2.45) is 0 Å². The van der Waals surface area contributed by atoms with Gasteiger partial charge in [0, 0.05) is 10.2 Å². The molecule has 0 fully saturated rings. The molecule has 0 aliphatic carbocycles. The molecule has 2 N–H and O–H groups in total. The third-order valence-electron chi connectivity index (χ3n) is 3.20. The van der Waals surface area contributed by atoms with Crippen LogP contribution < -0.4 is 10.1 Å². The summed E-state index contributed by atoms with van der Waals surface area (Å²) in [4.78, 5) is 12.3. The maximum atomic E-state index is 12.3. The minimum absolute atomic E-state index is 0.262. The molecule has 4 nitrogen and oxygen atoms in total. The van der Waals surface area contributed by atoms with Gasteiger partial charge in [0.05, 0.1) is 10.6 Å².